The number of benzene rings is 3. The van der Waals surface area contributed by atoms with E-state index in [9.17, 15) is 10.1 Å². The number of hydrogen-bond acceptors (Lipinski definition) is 6. The molecular formula is C23H21ClN2O5. The fourth-order valence-electron chi connectivity index (χ4n) is 2.70. The molecule has 0 spiro atoms. The number of rotatable bonds is 10. The molecule has 0 saturated heterocycles. The van der Waals surface area contributed by atoms with Crippen LogP contribution in [0.25, 0.3) is 0 Å². The highest BCUT2D eigenvalue weighted by atomic mass is 35.5. The predicted octanol–water partition coefficient (Wildman–Crippen LogP) is 5.78. The van der Waals surface area contributed by atoms with Crippen LogP contribution in [-0.4, -0.2) is 17.7 Å². The highest BCUT2D eigenvalue weighted by Gasteiger charge is 2.08. The fourth-order valence-corrected chi connectivity index (χ4v) is 2.83. The number of nitro benzene ring substituents is 1. The molecule has 7 nitrogen and oxygen atoms in total. The second kappa shape index (κ2) is 11.0. The Morgan fingerprint density at radius 3 is 2.52 bits per heavy atom. The average molecular weight is 441 g/mol. The molecule has 0 N–H and O–H groups in total. The molecule has 0 saturated carbocycles. The van der Waals surface area contributed by atoms with Crippen LogP contribution in [0.5, 0.6) is 11.5 Å². The summed E-state index contributed by atoms with van der Waals surface area (Å²) in [7, 11) is 0. The zero-order valence-electron chi connectivity index (χ0n) is 16.9. The van der Waals surface area contributed by atoms with E-state index >= 15 is 0 Å². The van der Waals surface area contributed by atoms with Gasteiger partial charge in [-0.1, -0.05) is 41.0 Å². The maximum absolute atomic E-state index is 10.8. The van der Waals surface area contributed by atoms with Gasteiger partial charge in [0.05, 0.1) is 17.7 Å². The number of non-ortho nitro benzene ring substituents is 1. The van der Waals surface area contributed by atoms with Crippen molar-refractivity contribution in [2.24, 2.45) is 5.16 Å². The molecule has 0 aromatic heterocycles. The molecule has 0 atom stereocenters. The van der Waals surface area contributed by atoms with Gasteiger partial charge in [0, 0.05) is 22.7 Å². The molecule has 0 aliphatic rings. The first-order valence-corrected chi connectivity index (χ1v) is 9.95. The van der Waals surface area contributed by atoms with Gasteiger partial charge in [0.25, 0.3) is 5.69 Å². The monoisotopic (exact) mass is 440 g/mol. The minimum atomic E-state index is -0.446. The van der Waals surface area contributed by atoms with Gasteiger partial charge >= 0.3 is 0 Å². The highest BCUT2D eigenvalue weighted by Crippen LogP contribution is 2.29. The first-order valence-electron chi connectivity index (χ1n) is 9.58. The average Bonchev–Trinajstić information content (AvgIpc) is 2.77. The van der Waals surface area contributed by atoms with Crippen LogP contribution >= 0.6 is 11.6 Å². The molecule has 0 amide bonds. The molecule has 8 heteroatoms. The summed E-state index contributed by atoms with van der Waals surface area (Å²) in [6.45, 7) is 2.89. The second-order valence-corrected chi connectivity index (χ2v) is 6.93. The van der Waals surface area contributed by atoms with Gasteiger partial charge in [-0.25, -0.2) is 0 Å². The molecule has 0 unspecified atom stereocenters. The Kier molecular flexibility index (Phi) is 7.84. The van der Waals surface area contributed by atoms with Gasteiger partial charge in [0.1, 0.15) is 13.2 Å². The Morgan fingerprint density at radius 1 is 0.968 bits per heavy atom. The van der Waals surface area contributed by atoms with Crippen LogP contribution in [0, 0.1) is 10.1 Å². The van der Waals surface area contributed by atoms with Gasteiger partial charge in [-0.15, -0.1) is 0 Å². The van der Waals surface area contributed by atoms with Gasteiger partial charge in [0.15, 0.2) is 11.5 Å². The zero-order chi connectivity index (χ0) is 22.1. The van der Waals surface area contributed by atoms with E-state index in [4.69, 9.17) is 25.9 Å². The zero-order valence-corrected chi connectivity index (χ0v) is 17.6. The van der Waals surface area contributed by atoms with Crippen molar-refractivity contribution in [3.8, 4) is 11.5 Å². The normalized spacial score (nSPS) is 10.8. The summed E-state index contributed by atoms with van der Waals surface area (Å²) in [5.41, 5.74) is 2.43. The SMILES string of the molecule is CCOc1cc(/C=N\OCc2cccc([N+](=O)[O-])c2)ccc1OCc1ccc(Cl)cc1. The van der Waals surface area contributed by atoms with Crippen molar-refractivity contribution in [2.75, 3.05) is 6.61 Å². The van der Waals surface area contributed by atoms with Crippen molar-refractivity contribution in [1.82, 2.24) is 0 Å². The minimum absolute atomic E-state index is 0.0145. The van der Waals surface area contributed by atoms with Crippen LogP contribution in [0.4, 0.5) is 5.69 Å². The first kappa shape index (κ1) is 22.1. The number of halogens is 1. The number of nitro groups is 1. The van der Waals surface area contributed by atoms with E-state index in [0.29, 0.717) is 35.3 Å². The molecule has 3 aromatic rings. The van der Waals surface area contributed by atoms with Crippen molar-refractivity contribution >= 4 is 23.5 Å². The number of oxime groups is 1. The van der Waals surface area contributed by atoms with Gasteiger partial charge < -0.3 is 14.3 Å². The Morgan fingerprint density at radius 2 is 1.77 bits per heavy atom. The van der Waals surface area contributed by atoms with Crippen molar-refractivity contribution in [3.63, 3.8) is 0 Å². The number of ether oxygens (including phenoxy) is 2. The summed E-state index contributed by atoms with van der Waals surface area (Å²) < 4.78 is 11.6. The molecule has 3 rings (SSSR count). The molecular weight excluding hydrogens is 420 g/mol. The van der Waals surface area contributed by atoms with Gasteiger partial charge in [0.2, 0.25) is 0 Å². The van der Waals surface area contributed by atoms with Crippen LogP contribution in [-0.2, 0) is 18.1 Å². The molecule has 0 radical (unpaired) electrons. The Labute approximate surface area is 185 Å². The maximum atomic E-state index is 10.8. The van der Waals surface area contributed by atoms with Gasteiger partial charge in [-0.05, 0) is 48.4 Å². The standard InChI is InChI=1S/C23H21ClN2O5/c1-2-29-23-13-18(8-11-22(23)30-15-17-6-9-20(24)10-7-17)14-25-31-16-19-4-3-5-21(12-19)26(27)28/h3-14H,2,15-16H2,1H3/b25-14-. The fraction of sp³-hybridized carbons (Fsp3) is 0.174. The van der Waals surface area contributed by atoms with Crippen LogP contribution in [0.2, 0.25) is 5.02 Å². The van der Waals surface area contributed by atoms with E-state index in [2.05, 4.69) is 5.16 Å². The summed E-state index contributed by atoms with van der Waals surface area (Å²) in [5.74, 6) is 1.21. The smallest absolute Gasteiger partial charge is 0.269 e. The Balaban J connectivity index is 1.61. The van der Waals surface area contributed by atoms with E-state index in [1.807, 2.05) is 43.3 Å². The molecule has 0 aliphatic carbocycles. The third-order valence-corrected chi connectivity index (χ3v) is 4.46. The third kappa shape index (κ3) is 6.72. The van der Waals surface area contributed by atoms with E-state index in [-0.39, 0.29) is 12.3 Å². The molecule has 0 bridgehead atoms. The van der Waals surface area contributed by atoms with Crippen LogP contribution < -0.4 is 9.47 Å². The van der Waals surface area contributed by atoms with Crippen LogP contribution in [0.1, 0.15) is 23.6 Å². The van der Waals surface area contributed by atoms with E-state index in [1.165, 1.54) is 12.1 Å². The lowest BCUT2D eigenvalue weighted by atomic mass is 10.2. The van der Waals surface area contributed by atoms with Gasteiger partial charge in [-0.3, -0.25) is 10.1 Å². The summed E-state index contributed by atoms with van der Waals surface area (Å²) in [6, 6.07) is 19.1. The lowest BCUT2D eigenvalue weighted by molar-refractivity contribution is -0.384. The van der Waals surface area contributed by atoms with E-state index < -0.39 is 4.92 Å². The quantitative estimate of drug-likeness (QED) is 0.227. The highest BCUT2D eigenvalue weighted by molar-refractivity contribution is 6.30. The molecule has 0 heterocycles. The Hall–Kier alpha value is -3.58. The number of nitrogens with zero attached hydrogens (tertiary/aromatic N) is 2. The lowest BCUT2D eigenvalue weighted by Gasteiger charge is -2.12. The van der Waals surface area contributed by atoms with E-state index in [0.717, 1.165) is 11.1 Å². The lowest BCUT2D eigenvalue weighted by Crippen LogP contribution is -2.00. The van der Waals surface area contributed by atoms with Crippen molar-refractivity contribution in [1.29, 1.82) is 0 Å². The van der Waals surface area contributed by atoms with Crippen molar-refractivity contribution in [2.45, 2.75) is 20.1 Å². The minimum Gasteiger partial charge on any atom is -0.490 e. The third-order valence-electron chi connectivity index (χ3n) is 4.20. The molecule has 0 aliphatic heterocycles. The Bertz CT molecular complexity index is 1050. The van der Waals surface area contributed by atoms with Gasteiger partial charge in [-0.2, -0.15) is 0 Å². The summed E-state index contributed by atoms with van der Waals surface area (Å²) in [6.07, 6.45) is 1.54. The van der Waals surface area contributed by atoms with Crippen LogP contribution in [0.15, 0.2) is 71.9 Å². The van der Waals surface area contributed by atoms with Crippen molar-refractivity contribution < 1.29 is 19.2 Å². The predicted molar refractivity (Wildman–Crippen MR) is 119 cm³/mol. The number of hydrogen-bond donors (Lipinski definition) is 0. The largest absolute Gasteiger partial charge is 0.490 e. The first-order chi connectivity index (χ1) is 15.0. The molecule has 31 heavy (non-hydrogen) atoms. The van der Waals surface area contributed by atoms with E-state index in [1.54, 1.807) is 24.4 Å². The topological polar surface area (TPSA) is 83.2 Å². The molecule has 160 valence electrons. The van der Waals surface area contributed by atoms with Crippen molar-refractivity contribution in [3.05, 3.63) is 98.6 Å². The summed E-state index contributed by atoms with van der Waals surface area (Å²) in [4.78, 5) is 15.7. The molecule has 0 fully saturated rings. The summed E-state index contributed by atoms with van der Waals surface area (Å²) >= 11 is 5.91. The molecule has 3 aromatic carbocycles. The second-order valence-electron chi connectivity index (χ2n) is 6.49. The van der Waals surface area contributed by atoms with Crippen LogP contribution in [0.3, 0.4) is 0 Å². The summed E-state index contributed by atoms with van der Waals surface area (Å²) in [5, 5.41) is 15.4. The maximum Gasteiger partial charge on any atom is 0.269 e.